The Hall–Kier alpha value is -2.28. The number of nitrogens with two attached hydrogens (primary N) is 1. The number of urea groups is 1. The van der Waals surface area contributed by atoms with Gasteiger partial charge in [0.05, 0.1) is 14.2 Å². The van der Waals surface area contributed by atoms with E-state index in [1.165, 1.54) is 12.0 Å². The monoisotopic (exact) mass is 321 g/mol. The summed E-state index contributed by atoms with van der Waals surface area (Å²) in [5.41, 5.74) is 5.07. The number of nitrogens with one attached hydrogen (secondary N) is 1. The number of amides is 3. The van der Waals surface area contributed by atoms with Gasteiger partial charge in [0.15, 0.2) is 11.5 Å². The number of rotatable bonds is 7. The van der Waals surface area contributed by atoms with Gasteiger partial charge in [-0.25, -0.2) is 4.79 Å². The summed E-state index contributed by atoms with van der Waals surface area (Å²) >= 11 is 0. The molecule has 0 spiro atoms. The minimum absolute atomic E-state index is 0.259. The van der Waals surface area contributed by atoms with Crippen LogP contribution in [0, 0.1) is 0 Å². The Bertz CT molecular complexity index is 605. The fourth-order valence-corrected chi connectivity index (χ4v) is 2.82. The summed E-state index contributed by atoms with van der Waals surface area (Å²) in [4.78, 5) is 26.3. The second-order valence-electron chi connectivity index (χ2n) is 5.36. The Morgan fingerprint density at radius 3 is 2.48 bits per heavy atom. The summed E-state index contributed by atoms with van der Waals surface area (Å²) in [5, 5.41) is 2.83. The van der Waals surface area contributed by atoms with Gasteiger partial charge in [-0.3, -0.25) is 9.69 Å². The molecule has 0 bridgehead atoms. The van der Waals surface area contributed by atoms with Crippen LogP contribution in [-0.4, -0.2) is 44.1 Å². The number of carbonyl (C=O) groups excluding carboxylic acids is 2. The third-order valence-corrected chi connectivity index (χ3v) is 4.17. The van der Waals surface area contributed by atoms with Crippen molar-refractivity contribution >= 4 is 11.9 Å². The SMILES string of the molecule is CCC1(c2ccc(OC)c(OC)c2)NC(=O)N(CCCN)C1=O. The zero-order valence-corrected chi connectivity index (χ0v) is 13.7. The Morgan fingerprint density at radius 2 is 1.91 bits per heavy atom. The number of benzene rings is 1. The molecule has 1 aliphatic heterocycles. The average Bonchev–Trinajstić information content (AvgIpc) is 2.83. The van der Waals surface area contributed by atoms with E-state index < -0.39 is 5.54 Å². The van der Waals surface area contributed by atoms with E-state index in [1.807, 2.05) is 6.92 Å². The van der Waals surface area contributed by atoms with Crippen LogP contribution in [0.15, 0.2) is 18.2 Å². The van der Waals surface area contributed by atoms with Gasteiger partial charge in [-0.05, 0) is 37.1 Å². The second kappa shape index (κ2) is 6.87. The largest absolute Gasteiger partial charge is 0.493 e. The van der Waals surface area contributed by atoms with E-state index in [0.29, 0.717) is 43.0 Å². The molecule has 3 amide bonds. The molecule has 7 heteroatoms. The van der Waals surface area contributed by atoms with E-state index in [2.05, 4.69) is 5.32 Å². The Kier molecular flexibility index (Phi) is 5.10. The van der Waals surface area contributed by atoms with Crippen LogP contribution in [0.5, 0.6) is 11.5 Å². The second-order valence-corrected chi connectivity index (χ2v) is 5.36. The predicted molar refractivity (Wildman–Crippen MR) is 85.4 cm³/mol. The molecule has 1 saturated heterocycles. The first-order valence-electron chi connectivity index (χ1n) is 7.60. The van der Waals surface area contributed by atoms with Crippen LogP contribution >= 0.6 is 0 Å². The lowest BCUT2D eigenvalue weighted by Crippen LogP contribution is -2.43. The lowest BCUT2D eigenvalue weighted by atomic mass is 9.87. The first-order valence-corrected chi connectivity index (χ1v) is 7.60. The standard InChI is InChI=1S/C16H23N3O4/c1-4-16(11-6-7-12(22-2)13(10-11)23-3)14(20)19(9-5-8-17)15(21)18-16/h6-7,10H,4-5,8-9,17H2,1-3H3,(H,18,21). The van der Waals surface area contributed by atoms with E-state index in [4.69, 9.17) is 15.2 Å². The van der Waals surface area contributed by atoms with Crippen molar-refractivity contribution in [2.24, 2.45) is 5.73 Å². The minimum Gasteiger partial charge on any atom is -0.493 e. The number of nitrogens with zero attached hydrogens (tertiary/aromatic N) is 1. The fraction of sp³-hybridized carbons (Fsp3) is 0.500. The quantitative estimate of drug-likeness (QED) is 0.736. The number of hydrogen-bond acceptors (Lipinski definition) is 5. The van der Waals surface area contributed by atoms with Gasteiger partial charge in [-0.1, -0.05) is 13.0 Å². The van der Waals surface area contributed by atoms with Crippen LogP contribution in [0.1, 0.15) is 25.3 Å². The van der Waals surface area contributed by atoms with Crippen molar-refractivity contribution in [2.45, 2.75) is 25.3 Å². The van der Waals surface area contributed by atoms with Crippen LogP contribution in [0.2, 0.25) is 0 Å². The highest BCUT2D eigenvalue weighted by Gasteiger charge is 2.51. The van der Waals surface area contributed by atoms with Gasteiger partial charge in [-0.2, -0.15) is 0 Å². The van der Waals surface area contributed by atoms with Gasteiger partial charge in [0.25, 0.3) is 5.91 Å². The molecule has 1 aromatic rings. The molecule has 1 fully saturated rings. The van der Waals surface area contributed by atoms with Gasteiger partial charge in [0, 0.05) is 6.54 Å². The van der Waals surface area contributed by atoms with Crippen molar-refractivity contribution in [1.29, 1.82) is 0 Å². The molecule has 0 aromatic heterocycles. The maximum Gasteiger partial charge on any atom is 0.325 e. The van der Waals surface area contributed by atoms with Gasteiger partial charge >= 0.3 is 6.03 Å². The number of imide groups is 1. The Balaban J connectivity index is 2.42. The Labute approximate surface area is 135 Å². The normalized spacial score (nSPS) is 20.6. The van der Waals surface area contributed by atoms with Crippen molar-refractivity contribution in [3.05, 3.63) is 23.8 Å². The van der Waals surface area contributed by atoms with Crippen LogP contribution in [-0.2, 0) is 10.3 Å². The first-order chi connectivity index (χ1) is 11.0. The molecular formula is C16H23N3O4. The summed E-state index contributed by atoms with van der Waals surface area (Å²) in [5.74, 6) is 0.824. The van der Waals surface area contributed by atoms with E-state index >= 15 is 0 Å². The molecule has 0 aliphatic carbocycles. The van der Waals surface area contributed by atoms with Gasteiger partial charge in [0.2, 0.25) is 0 Å². The van der Waals surface area contributed by atoms with Crippen molar-refractivity contribution < 1.29 is 19.1 Å². The molecule has 7 nitrogen and oxygen atoms in total. The molecule has 0 saturated carbocycles. The van der Waals surface area contributed by atoms with Crippen LogP contribution < -0.4 is 20.5 Å². The van der Waals surface area contributed by atoms with Crippen molar-refractivity contribution in [3.8, 4) is 11.5 Å². The first kappa shape index (κ1) is 17.1. The molecule has 1 heterocycles. The fourth-order valence-electron chi connectivity index (χ4n) is 2.82. The van der Waals surface area contributed by atoms with Crippen molar-refractivity contribution in [1.82, 2.24) is 10.2 Å². The van der Waals surface area contributed by atoms with Gasteiger partial charge in [-0.15, -0.1) is 0 Å². The molecule has 3 N–H and O–H groups in total. The summed E-state index contributed by atoms with van der Waals surface area (Å²) in [6, 6.07) is 4.84. The Morgan fingerprint density at radius 1 is 1.22 bits per heavy atom. The van der Waals surface area contributed by atoms with Crippen LogP contribution in [0.4, 0.5) is 4.79 Å². The van der Waals surface area contributed by atoms with Crippen LogP contribution in [0.25, 0.3) is 0 Å². The number of methoxy groups -OCH3 is 2. The highest BCUT2D eigenvalue weighted by atomic mass is 16.5. The van der Waals surface area contributed by atoms with Crippen molar-refractivity contribution in [2.75, 3.05) is 27.3 Å². The number of hydrogen-bond donors (Lipinski definition) is 2. The zero-order chi connectivity index (χ0) is 17.0. The molecule has 1 unspecified atom stereocenters. The van der Waals surface area contributed by atoms with E-state index in [0.717, 1.165) is 0 Å². The smallest absolute Gasteiger partial charge is 0.325 e. The lowest BCUT2D eigenvalue weighted by molar-refractivity contribution is -0.131. The third-order valence-electron chi connectivity index (χ3n) is 4.17. The zero-order valence-electron chi connectivity index (χ0n) is 13.7. The average molecular weight is 321 g/mol. The predicted octanol–water partition coefficient (Wildman–Crippen LogP) is 1.21. The molecule has 126 valence electrons. The van der Waals surface area contributed by atoms with E-state index in [-0.39, 0.29) is 11.9 Å². The molecular weight excluding hydrogens is 298 g/mol. The lowest BCUT2D eigenvalue weighted by Gasteiger charge is -2.26. The molecule has 1 aliphatic rings. The van der Waals surface area contributed by atoms with E-state index in [9.17, 15) is 9.59 Å². The molecule has 1 aromatic carbocycles. The molecule has 2 rings (SSSR count). The summed E-state index contributed by atoms with van der Waals surface area (Å²) in [7, 11) is 3.08. The summed E-state index contributed by atoms with van der Waals surface area (Å²) in [6.07, 6.45) is 1.01. The maximum absolute atomic E-state index is 12.9. The highest BCUT2D eigenvalue weighted by molar-refractivity contribution is 6.07. The minimum atomic E-state index is -1.08. The number of ether oxygens (including phenoxy) is 2. The summed E-state index contributed by atoms with van der Waals surface area (Å²) < 4.78 is 10.5. The van der Waals surface area contributed by atoms with Crippen molar-refractivity contribution in [3.63, 3.8) is 0 Å². The van der Waals surface area contributed by atoms with Crippen LogP contribution in [0.3, 0.4) is 0 Å². The summed E-state index contributed by atoms with van der Waals surface area (Å²) in [6.45, 7) is 2.60. The topological polar surface area (TPSA) is 93.9 Å². The molecule has 0 radical (unpaired) electrons. The highest BCUT2D eigenvalue weighted by Crippen LogP contribution is 2.37. The molecule has 1 atom stereocenters. The van der Waals surface area contributed by atoms with Gasteiger partial charge < -0.3 is 20.5 Å². The maximum atomic E-state index is 12.9. The molecule has 23 heavy (non-hydrogen) atoms. The number of carbonyl (C=O) groups is 2. The van der Waals surface area contributed by atoms with E-state index in [1.54, 1.807) is 25.3 Å². The third kappa shape index (κ3) is 2.84. The van der Waals surface area contributed by atoms with Gasteiger partial charge in [0.1, 0.15) is 5.54 Å².